The fourth-order valence-corrected chi connectivity index (χ4v) is 2.91. The van der Waals surface area contributed by atoms with Gasteiger partial charge in [-0.2, -0.15) is 27.8 Å². The van der Waals surface area contributed by atoms with Crippen molar-refractivity contribution >= 4 is 11.6 Å². The monoisotopic (exact) mass is 393 g/mol. The predicted octanol–water partition coefficient (Wildman–Crippen LogP) is 4.19. The number of halogens is 3. The van der Waals surface area contributed by atoms with Gasteiger partial charge in [-0.15, -0.1) is 0 Å². The lowest BCUT2D eigenvalue weighted by molar-refractivity contribution is -0.137. The van der Waals surface area contributed by atoms with Crippen LogP contribution in [-0.2, 0) is 6.18 Å². The Morgan fingerprint density at radius 1 is 1.11 bits per heavy atom. The number of nitrogens with zero attached hydrogens (tertiary/aromatic N) is 4. The van der Waals surface area contributed by atoms with E-state index in [1.165, 1.54) is 23.0 Å². The van der Waals surface area contributed by atoms with Crippen molar-refractivity contribution in [3.05, 3.63) is 53.5 Å². The van der Waals surface area contributed by atoms with E-state index in [9.17, 15) is 18.3 Å². The number of hydrogen-bond donors (Lipinski definition) is 2. The SMILES string of the molecule is CC(C)c1cc(N[C@@H](c2ccc(C(F)(F)F)cc2)C(C)(C)O)n2ncnc2n1. The fourth-order valence-electron chi connectivity index (χ4n) is 2.91. The van der Waals surface area contributed by atoms with Gasteiger partial charge < -0.3 is 10.4 Å². The molecule has 2 heterocycles. The standard InChI is InChI=1S/C19H22F3N5O/c1-11(2)14-9-15(27-17(25-14)23-10-24-27)26-16(18(3,4)28)12-5-7-13(8-6-12)19(20,21)22/h5-11,16,26,28H,1-4H3/t16-/m0/s1. The van der Waals surface area contributed by atoms with E-state index in [0.717, 1.165) is 17.8 Å². The number of fused-ring (bicyclic) bond motifs is 1. The summed E-state index contributed by atoms with van der Waals surface area (Å²) in [6, 6.07) is 5.85. The van der Waals surface area contributed by atoms with Crippen LogP contribution in [0.2, 0.25) is 0 Å². The first-order chi connectivity index (χ1) is 13.0. The Kier molecular flexibility index (Phi) is 5.05. The molecule has 0 radical (unpaired) electrons. The molecule has 9 heteroatoms. The van der Waals surface area contributed by atoms with Gasteiger partial charge in [-0.05, 0) is 37.5 Å². The molecule has 2 aromatic heterocycles. The fraction of sp³-hybridized carbons (Fsp3) is 0.421. The molecule has 0 unspecified atom stereocenters. The Hall–Kier alpha value is -2.68. The highest BCUT2D eigenvalue weighted by Crippen LogP contribution is 2.34. The van der Waals surface area contributed by atoms with Crippen LogP contribution in [0.3, 0.4) is 0 Å². The lowest BCUT2D eigenvalue weighted by atomic mass is 9.91. The van der Waals surface area contributed by atoms with E-state index in [1.807, 2.05) is 13.8 Å². The van der Waals surface area contributed by atoms with Crippen molar-refractivity contribution in [1.82, 2.24) is 19.6 Å². The van der Waals surface area contributed by atoms with Gasteiger partial charge in [-0.1, -0.05) is 26.0 Å². The molecule has 0 amide bonds. The average Bonchev–Trinajstić information content (AvgIpc) is 3.06. The second-order valence-electron chi connectivity index (χ2n) is 7.54. The number of anilines is 1. The number of alkyl halides is 3. The summed E-state index contributed by atoms with van der Waals surface area (Å²) in [4.78, 5) is 8.55. The normalized spacial score (nSPS) is 13.9. The molecule has 0 spiro atoms. The van der Waals surface area contributed by atoms with Gasteiger partial charge >= 0.3 is 6.18 Å². The van der Waals surface area contributed by atoms with Crippen LogP contribution in [0.1, 0.15) is 56.5 Å². The predicted molar refractivity (Wildman–Crippen MR) is 99.0 cm³/mol. The molecule has 6 nitrogen and oxygen atoms in total. The smallest absolute Gasteiger partial charge is 0.388 e. The molecule has 0 aliphatic heterocycles. The van der Waals surface area contributed by atoms with Crippen LogP contribution < -0.4 is 5.32 Å². The summed E-state index contributed by atoms with van der Waals surface area (Å²) in [5.41, 5.74) is -0.717. The van der Waals surface area contributed by atoms with E-state index in [1.54, 1.807) is 19.9 Å². The van der Waals surface area contributed by atoms with Gasteiger partial charge in [-0.25, -0.2) is 4.98 Å². The third-order valence-corrected chi connectivity index (χ3v) is 4.43. The zero-order chi connectivity index (χ0) is 20.7. The summed E-state index contributed by atoms with van der Waals surface area (Å²) in [6.07, 6.45) is -3.05. The Labute approximate surface area is 160 Å². The largest absolute Gasteiger partial charge is 0.416 e. The molecule has 1 atom stereocenters. The quantitative estimate of drug-likeness (QED) is 0.680. The Bertz CT molecular complexity index is 958. The van der Waals surface area contributed by atoms with Gasteiger partial charge in [-0.3, -0.25) is 0 Å². The average molecular weight is 393 g/mol. The van der Waals surface area contributed by atoms with Crippen molar-refractivity contribution in [2.45, 2.75) is 51.4 Å². The van der Waals surface area contributed by atoms with Crippen LogP contribution in [0.15, 0.2) is 36.7 Å². The molecule has 0 aliphatic carbocycles. The van der Waals surface area contributed by atoms with E-state index in [0.29, 0.717) is 17.2 Å². The second kappa shape index (κ2) is 7.05. The zero-order valence-electron chi connectivity index (χ0n) is 16.0. The lowest BCUT2D eigenvalue weighted by Crippen LogP contribution is -2.35. The van der Waals surface area contributed by atoms with E-state index in [2.05, 4.69) is 20.4 Å². The van der Waals surface area contributed by atoms with Crippen molar-refractivity contribution in [2.75, 3.05) is 5.32 Å². The number of nitrogens with one attached hydrogen (secondary N) is 1. The highest BCUT2D eigenvalue weighted by atomic mass is 19.4. The molecule has 0 bridgehead atoms. The Morgan fingerprint density at radius 3 is 2.29 bits per heavy atom. The van der Waals surface area contributed by atoms with Crippen LogP contribution >= 0.6 is 0 Å². The lowest BCUT2D eigenvalue weighted by Gasteiger charge is -2.31. The van der Waals surface area contributed by atoms with Gasteiger partial charge in [0.05, 0.1) is 22.9 Å². The summed E-state index contributed by atoms with van der Waals surface area (Å²) in [5, 5.41) is 18.0. The number of aliphatic hydroxyl groups is 1. The molecule has 150 valence electrons. The maximum Gasteiger partial charge on any atom is 0.416 e. The number of rotatable bonds is 5. The summed E-state index contributed by atoms with van der Waals surface area (Å²) < 4.78 is 40.1. The first kappa shape index (κ1) is 20.1. The summed E-state index contributed by atoms with van der Waals surface area (Å²) in [6.45, 7) is 7.15. The molecule has 0 aliphatic rings. The van der Waals surface area contributed by atoms with E-state index < -0.39 is 23.4 Å². The number of benzene rings is 1. The highest BCUT2D eigenvalue weighted by molar-refractivity contribution is 5.48. The molecule has 2 N–H and O–H groups in total. The summed E-state index contributed by atoms with van der Waals surface area (Å²) in [5.74, 6) is 1.07. The molecule has 1 aromatic carbocycles. The third-order valence-electron chi connectivity index (χ3n) is 4.43. The van der Waals surface area contributed by atoms with Crippen LogP contribution in [0.4, 0.5) is 19.0 Å². The molecule has 28 heavy (non-hydrogen) atoms. The van der Waals surface area contributed by atoms with Gasteiger partial charge in [0.25, 0.3) is 5.78 Å². The van der Waals surface area contributed by atoms with Crippen LogP contribution in [0.25, 0.3) is 5.78 Å². The summed E-state index contributed by atoms with van der Waals surface area (Å²) >= 11 is 0. The molecular formula is C19H22F3N5O. The van der Waals surface area contributed by atoms with Crippen LogP contribution in [0, 0.1) is 0 Å². The molecular weight excluding hydrogens is 371 g/mol. The van der Waals surface area contributed by atoms with E-state index in [-0.39, 0.29) is 5.92 Å². The minimum absolute atomic E-state index is 0.133. The first-order valence-electron chi connectivity index (χ1n) is 8.83. The van der Waals surface area contributed by atoms with Crippen molar-refractivity contribution in [3.63, 3.8) is 0 Å². The number of hydrogen-bond acceptors (Lipinski definition) is 5. The van der Waals surface area contributed by atoms with Crippen molar-refractivity contribution in [1.29, 1.82) is 0 Å². The van der Waals surface area contributed by atoms with Crippen molar-refractivity contribution in [2.24, 2.45) is 0 Å². The molecule has 3 rings (SSSR count). The van der Waals surface area contributed by atoms with Gasteiger partial charge in [0.1, 0.15) is 12.1 Å². The third kappa shape index (κ3) is 4.09. The van der Waals surface area contributed by atoms with Crippen LogP contribution in [-0.4, -0.2) is 30.3 Å². The Balaban J connectivity index is 2.03. The van der Waals surface area contributed by atoms with E-state index in [4.69, 9.17) is 0 Å². The maximum absolute atomic E-state index is 12.9. The number of aromatic nitrogens is 4. The van der Waals surface area contributed by atoms with E-state index >= 15 is 0 Å². The highest BCUT2D eigenvalue weighted by Gasteiger charge is 2.33. The first-order valence-corrected chi connectivity index (χ1v) is 8.83. The minimum atomic E-state index is -4.42. The van der Waals surface area contributed by atoms with Gasteiger partial charge in [0.15, 0.2) is 0 Å². The summed E-state index contributed by atoms with van der Waals surface area (Å²) in [7, 11) is 0. The van der Waals surface area contributed by atoms with Crippen LogP contribution in [0.5, 0.6) is 0 Å². The Morgan fingerprint density at radius 2 is 1.75 bits per heavy atom. The zero-order valence-corrected chi connectivity index (χ0v) is 16.0. The maximum atomic E-state index is 12.9. The van der Waals surface area contributed by atoms with Gasteiger partial charge in [0, 0.05) is 6.07 Å². The van der Waals surface area contributed by atoms with Crippen molar-refractivity contribution in [3.8, 4) is 0 Å². The second-order valence-corrected chi connectivity index (χ2v) is 7.54. The topological polar surface area (TPSA) is 75.3 Å². The minimum Gasteiger partial charge on any atom is -0.388 e. The van der Waals surface area contributed by atoms with Crippen molar-refractivity contribution < 1.29 is 18.3 Å². The van der Waals surface area contributed by atoms with Gasteiger partial charge in [0.2, 0.25) is 0 Å². The molecule has 0 fully saturated rings. The molecule has 3 aromatic rings. The molecule has 0 saturated carbocycles. The molecule has 0 saturated heterocycles.